The van der Waals surface area contributed by atoms with Crippen molar-refractivity contribution in [1.29, 1.82) is 0 Å². The number of anilines is 1. The van der Waals surface area contributed by atoms with E-state index >= 15 is 0 Å². The van der Waals surface area contributed by atoms with Crippen LogP contribution in [0.2, 0.25) is 0 Å². The summed E-state index contributed by atoms with van der Waals surface area (Å²) in [4.78, 5) is 23.9. The number of rotatable bonds is 5. The van der Waals surface area contributed by atoms with Crippen molar-refractivity contribution in [3.63, 3.8) is 0 Å². The normalized spacial score (nSPS) is 13.8. The molecule has 6 nitrogen and oxygen atoms in total. The predicted octanol–water partition coefficient (Wildman–Crippen LogP) is 3.06. The standard InChI is InChI=1S/C18H14F2N2O4/c1-2-15(23)22-13-8-4-3-7-12(13)17(24)21-10-11-6-5-9-14-16(11)26-18(19,20)25-14/h2-9H,1,10H2,(H,21,24)(H,22,23). The Labute approximate surface area is 147 Å². The fourth-order valence-electron chi connectivity index (χ4n) is 2.41. The van der Waals surface area contributed by atoms with Gasteiger partial charge in [0.2, 0.25) is 5.91 Å². The first-order valence-corrected chi connectivity index (χ1v) is 7.58. The molecule has 2 aromatic rings. The second-order valence-electron chi connectivity index (χ2n) is 5.33. The molecule has 2 N–H and O–H groups in total. The van der Waals surface area contributed by atoms with Crippen LogP contribution in [0.1, 0.15) is 15.9 Å². The van der Waals surface area contributed by atoms with Crippen LogP contribution in [0.5, 0.6) is 11.5 Å². The molecule has 0 aliphatic carbocycles. The molecule has 0 bridgehead atoms. The Bertz CT molecular complexity index is 883. The molecule has 26 heavy (non-hydrogen) atoms. The molecular weight excluding hydrogens is 346 g/mol. The predicted molar refractivity (Wildman–Crippen MR) is 89.1 cm³/mol. The van der Waals surface area contributed by atoms with Gasteiger partial charge in [0.05, 0.1) is 11.3 Å². The lowest BCUT2D eigenvalue weighted by Crippen LogP contribution is -2.27. The van der Waals surface area contributed by atoms with Gasteiger partial charge in [-0.2, -0.15) is 0 Å². The molecule has 1 aliphatic rings. The zero-order valence-electron chi connectivity index (χ0n) is 13.4. The number of carbonyl (C=O) groups is 2. The minimum Gasteiger partial charge on any atom is -0.395 e. The molecule has 0 atom stereocenters. The molecule has 0 saturated heterocycles. The van der Waals surface area contributed by atoms with Gasteiger partial charge in [-0.25, -0.2) is 0 Å². The SMILES string of the molecule is C=CC(=O)Nc1ccccc1C(=O)NCc1cccc2c1OC(F)(F)O2. The molecule has 0 fully saturated rings. The third-order valence-electron chi connectivity index (χ3n) is 3.56. The number of benzene rings is 2. The minimum atomic E-state index is -3.73. The number of hydrogen-bond donors (Lipinski definition) is 2. The quantitative estimate of drug-likeness (QED) is 0.804. The first kappa shape index (κ1) is 17.4. The number of alkyl halides is 2. The van der Waals surface area contributed by atoms with Gasteiger partial charge >= 0.3 is 6.29 Å². The lowest BCUT2D eigenvalue weighted by molar-refractivity contribution is -0.286. The molecule has 0 spiro atoms. The maximum Gasteiger partial charge on any atom is 0.586 e. The van der Waals surface area contributed by atoms with Crippen molar-refractivity contribution in [1.82, 2.24) is 5.32 Å². The van der Waals surface area contributed by atoms with Crippen LogP contribution in [0.4, 0.5) is 14.5 Å². The van der Waals surface area contributed by atoms with Crippen LogP contribution in [-0.4, -0.2) is 18.1 Å². The molecule has 0 unspecified atom stereocenters. The third-order valence-corrected chi connectivity index (χ3v) is 3.56. The van der Waals surface area contributed by atoms with E-state index in [9.17, 15) is 18.4 Å². The summed E-state index contributed by atoms with van der Waals surface area (Å²) < 4.78 is 35.3. The summed E-state index contributed by atoms with van der Waals surface area (Å²) in [7, 11) is 0. The molecular formula is C18H14F2N2O4. The lowest BCUT2D eigenvalue weighted by atomic mass is 10.1. The number of carbonyl (C=O) groups excluding carboxylic acids is 2. The van der Waals surface area contributed by atoms with Crippen molar-refractivity contribution >= 4 is 17.5 Å². The minimum absolute atomic E-state index is 0.0643. The summed E-state index contributed by atoms with van der Waals surface area (Å²) in [6.07, 6.45) is -2.65. The van der Waals surface area contributed by atoms with Gasteiger partial charge in [-0.15, -0.1) is 8.78 Å². The maximum atomic E-state index is 13.2. The Hall–Kier alpha value is -3.42. The van der Waals surface area contributed by atoms with E-state index in [1.54, 1.807) is 18.2 Å². The molecule has 134 valence electrons. The molecule has 1 aliphatic heterocycles. The van der Waals surface area contributed by atoms with Crippen LogP contribution in [0.3, 0.4) is 0 Å². The van der Waals surface area contributed by atoms with E-state index in [1.807, 2.05) is 0 Å². The smallest absolute Gasteiger partial charge is 0.395 e. The highest BCUT2D eigenvalue weighted by atomic mass is 19.3. The van der Waals surface area contributed by atoms with Crippen LogP contribution in [0.15, 0.2) is 55.1 Å². The van der Waals surface area contributed by atoms with Crippen molar-refractivity contribution < 1.29 is 27.8 Å². The summed E-state index contributed by atoms with van der Waals surface area (Å²) in [5, 5.41) is 5.14. The Morgan fingerprint density at radius 3 is 2.65 bits per heavy atom. The van der Waals surface area contributed by atoms with E-state index in [1.165, 1.54) is 24.3 Å². The van der Waals surface area contributed by atoms with Gasteiger partial charge in [0.1, 0.15) is 0 Å². The Kier molecular flexibility index (Phi) is 4.57. The van der Waals surface area contributed by atoms with Crippen molar-refractivity contribution in [2.45, 2.75) is 12.8 Å². The third kappa shape index (κ3) is 3.64. The summed E-state index contributed by atoms with van der Waals surface area (Å²) in [5.41, 5.74) is 0.859. The number of nitrogens with one attached hydrogen (secondary N) is 2. The zero-order chi connectivity index (χ0) is 18.7. The summed E-state index contributed by atoms with van der Waals surface area (Å²) in [6, 6.07) is 10.8. The van der Waals surface area contributed by atoms with Crippen molar-refractivity contribution in [3.05, 3.63) is 66.2 Å². The van der Waals surface area contributed by atoms with Gasteiger partial charge < -0.3 is 20.1 Å². The number of para-hydroxylation sites is 2. The molecule has 3 rings (SSSR count). The van der Waals surface area contributed by atoms with Crippen molar-refractivity contribution in [3.8, 4) is 11.5 Å². The Balaban J connectivity index is 1.75. The van der Waals surface area contributed by atoms with Gasteiger partial charge in [0, 0.05) is 12.1 Å². The largest absolute Gasteiger partial charge is 0.586 e. The second-order valence-corrected chi connectivity index (χ2v) is 5.33. The first-order valence-electron chi connectivity index (χ1n) is 7.58. The summed E-state index contributed by atoms with van der Waals surface area (Å²) >= 11 is 0. The van der Waals surface area contributed by atoms with Crippen LogP contribution < -0.4 is 20.1 Å². The average molecular weight is 360 g/mol. The molecule has 0 saturated carbocycles. The summed E-state index contributed by atoms with van der Waals surface area (Å²) in [5.74, 6) is -1.17. The Morgan fingerprint density at radius 1 is 1.12 bits per heavy atom. The van der Waals surface area contributed by atoms with E-state index in [0.29, 0.717) is 11.3 Å². The first-order chi connectivity index (χ1) is 12.4. The molecule has 1 heterocycles. The van der Waals surface area contributed by atoms with Gasteiger partial charge in [-0.05, 0) is 24.3 Å². The van der Waals surface area contributed by atoms with Crippen LogP contribution in [0, 0.1) is 0 Å². The van der Waals surface area contributed by atoms with E-state index in [-0.39, 0.29) is 23.6 Å². The Morgan fingerprint density at radius 2 is 1.88 bits per heavy atom. The van der Waals surface area contributed by atoms with Gasteiger partial charge in [0.15, 0.2) is 11.5 Å². The fraction of sp³-hybridized carbons (Fsp3) is 0.111. The molecule has 0 aromatic heterocycles. The molecule has 2 amide bonds. The zero-order valence-corrected chi connectivity index (χ0v) is 13.4. The number of halogens is 2. The van der Waals surface area contributed by atoms with Gasteiger partial charge in [0.25, 0.3) is 5.91 Å². The lowest BCUT2D eigenvalue weighted by Gasteiger charge is -2.11. The number of amides is 2. The fourth-order valence-corrected chi connectivity index (χ4v) is 2.41. The van der Waals surface area contributed by atoms with E-state index in [0.717, 1.165) is 6.08 Å². The van der Waals surface area contributed by atoms with Crippen LogP contribution in [-0.2, 0) is 11.3 Å². The highest BCUT2D eigenvalue weighted by Crippen LogP contribution is 2.43. The van der Waals surface area contributed by atoms with E-state index in [2.05, 4.69) is 26.7 Å². The molecule has 8 heteroatoms. The average Bonchev–Trinajstić information content (AvgIpc) is 2.94. The topological polar surface area (TPSA) is 76.7 Å². The molecule has 2 aromatic carbocycles. The highest BCUT2D eigenvalue weighted by Gasteiger charge is 2.44. The highest BCUT2D eigenvalue weighted by molar-refractivity contribution is 6.06. The van der Waals surface area contributed by atoms with E-state index < -0.39 is 18.1 Å². The monoisotopic (exact) mass is 360 g/mol. The molecule has 0 radical (unpaired) electrons. The second kappa shape index (κ2) is 6.83. The van der Waals surface area contributed by atoms with Crippen LogP contribution >= 0.6 is 0 Å². The van der Waals surface area contributed by atoms with Crippen molar-refractivity contribution in [2.75, 3.05) is 5.32 Å². The van der Waals surface area contributed by atoms with Gasteiger partial charge in [-0.3, -0.25) is 9.59 Å². The van der Waals surface area contributed by atoms with Crippen LogP contribution in [0.25, 0.3) is 0 Å². The maximum absolute atomic E-state index is 13.2. The number of ether oxygens (including phenoxy) is 2. The number of hydrogen-bond acceptors (Lipinski definition) is 4. The van der Waals surface area contributed by atoms with Gasteiger partial charge in [-0.1, -0.05) is 30.8 Å². The van der Waals surface area contributed by atoms with Crippen molar-refractivity contribution in [2.24, 2.45) is 0 Å². The number of fused-ring (bicyclic) bond motifs is 1. The van der Waals surface area contributed by atoms with E-state index in [4.69, 9.17) is 0 Å². The summed E-state index contributed by atoms with van der Waals surface area (Å²) in [6.45, 7) is 3.29.